The van der Waals surface area contributed by atoms with E-state index in [-0.39, 0.29) is 6.61 Å². The Hall–Kier alpha value is -1.09. The second-order valence-corrected chi connectivity index (χ2v) is 5.92. The Labute approximate surface area is 119 Å². The van der Waals surface area contributed by atoms with Crippen molar-refractivity contribution in [2.24, 2.45) is 5.84 Å². The van der Waals surface area contributed by atoms with Crippen molar-refractivity contribution in [2.75, 3.05) is 35.4 Å². The number of nitrogen functional groups attached to an aromatic ring is 1. The van der Waals surface area contributed by atoms with Gasteiger partial charge in [-0.2, -0.15) is 16.7 Å². The first-order chi connectivity index (χ1) is 9.35. The third-order valence-electron chi connectivity index (χ3n) is 2.44. The molecule has 2 aromatic heterocycles. The summed E-state index contributed by atoms with van der Waals surface area (Å²) in [4.78, 5) is 9.52. The molecule has 2 aromatic rings. The van der Waals surface area contributed by atoms with E-state index in [0.29, 0.717) is 5.95 Å². The number of rotatable bonds is 8. The predicted molar refractivity (Wildman–Crippen MR) is 82.7 cm³/mol. The lowest BCUT2D eigenvalue weighted by atomic mass is 10.4. The Kier molecular flexibility index (Phi) is 5.64. The van der Waals surface area contributed by atoms with Crippen LogP contribution in [0.5, 0.6) is 0 Å². The van der Waals surface area contributed by atoms with Crippen molar-refractivity contribution in [3.63, 3.8) is 0 Å². The zero-order chi connectivity index (χ0) is 13.5. The fourth-order valence-corrected chi connectivity index (χ4v) is 3.11. The van der Waals surface area contributed by atoms with E-state index in [2.05, 4.69) is 20.7 Å². The molecule has 0 aromatic carbocycles. The van der Waals surface area contributed by atoms with Gasteiger partial charge < -0.3 is 10.4 Å². The average Bonchev–Trinajstić information content (AvgIpc) is 2.90. The largest absolute Gasteiger partial charge is 0.396 e. The number of hydrogen-bond donors (Lipinski definition) is 4. The molecular formula is C11H17N5OS2. The van der Waals surface area contributed by atoms with Gasteiger partial charge in [-0.3, -0.25) is 5.43 Å². The van der Waals surface area contributed by atoms with E-state index in [9.17, 15) is 0 Å². The number of anilines is 2. The van der Waals surface area contributed by atoms with Crippen LogP contribution in [0.15, 0.2) is 11.4 Å². The molecule has 8 heteroatoms. The van der Waals surface area contributed by atoms with E-state index >= 15 is 0 Å². The fraction of sp³-hybridized carbons (Fsp3) is 0.455. The van der Waals surface area contributed by atoms with Gasteiger partial charge in [0.05, 0.1) is 5.39 Å². The predicted octanol–water partition coefficient (Wildman–Crippen LogP) is 1.50. The number of thioether (sulfide) groups is 1. The topological polar surface area (TPSA) is 96.1 Å². The molecule has 2 rings (SSSR count). The van der Waals surface area contributed by atoms with Crippen LogP contribution >= 0.6 is 23.1 Å². The number of hydrogen-bond acceptors (Lipinski definition) is 8. The van der Waals surface area contributed by atoms with Crippen LogP contribution in [0.2, 0.25) is 0 Å². The van der Waals surface area contributed by atoms with E-state index in [1.165, 1.54) is 0 Å². The van der Waals surface area contributed by atoms with Gasteiger partial charge >= 0.3 is 0 Å². The Balaban J connectivity index is 1.93. The molecule has 0 spiro atoms. The summed E-state index contributed by atoms with van der Waals surface area (Å²) in [6.07, 6.45) is 0.841. The van der Waals surface area contributed by atoms with Crippen LogP contribution in [-0.2, 0) is 0 Å². The summed E-state index contributed by atoms with van der Waals surface area (Å²) in [5, 5.41) is 15.0. The summed E-state index contributed by atoms with van der Waals surface area (Å²) in [6.45, 7) is 1.08. The summed E-state index contributed by atoms with van der Waals surface area (Å²) in [5.41, 5.74) is 2.48. The second kappa shape index (κ2) is 7.49. The summed E-state index contributed by atoms with van der Waals surface area (Å²) >= 11 is 3.37. The molecule has 0 aliphatic carbocycles. The van der Waals surface area contributed by atoms with Gasteiger partial charge in [-0.25, -0.2) is 10.8 Å². The Morgan fingerprint density at radius 1 is 1.37 bits per heavy atom. The first kappa shape index (κ1) is 14.3. The molecule has 0 atom stereocenters. The molecule has 0 amide bonds. The van der Waals surface area contributed by atoms with Gasteiger partial charge in [0.15, 0.2) is 0 Å². The number of thiophene rings is 1. The highest BCUT2D eigenvalue weighted by molar-refractivity contribution is 7.99. The highest BCUT2D eigenvalue weighted by atomic mass is 32.2. The van der Waals surface area contributed by atoms with Crippen molar-refractivity contribution in [3.8, 4) is 0 Å². The molecule has 0 bridgehead atoms. The quantitative estimate of drug-likeness (QED) is 0.333. The minimum Gasteiger partial charge on any atom is -0.396 e. The molecule has 5 N–H and O–H groups in total. The van der Waals surface area contributed by atoms with Gasteiger partial charge in [-0.05, 0) is 23.6 Å². The number of aromatic nitrogens is 2. The van der Waals surface area contributed by atoms with Crippen LogP contribution in [0.3, 0.4) is 0 Å². The van der Waals surface area contributed by atoms with Crippen LogP contribution in [0, 0.1) is 0 Å². The maximum atomic E-state index is 8.69. The highest BCUT2D eigenvalue weighted by Gasteiger charge is 2.07. The van der Waals surface area contributed by atoms with Crippen molar-refractivity contribution in [2.45, 2.75) is 6.42 Å². The highest BCUT2D eigenvalue weighted by Crippen LogP contribution is 2.26. The molecular weight excluding hydrogens is 282 g/mol. The molecule has 0 fully saturated rings. The van der Waals surface area contributed by atoms with Crippen molar-refractivity contribution in [1.29, 1.82) is 0 Å². The molecule has 0 aliphatic rings. The van der Waals surface area contributed by atoms with Gasteiger partial charge in [0.25, 0.3) is 0 Å². The van der Waals surface area contributed by atoms with Gasteiger partial charge in [-0.1, -0.05) is 0 Å². The van der Waals surface area contributed by atoms with Gasteiger partial charge in [-0.15, -0.1) is 11.3 Å². The van der Waals surface area contributed by atoms with Crippen molar-refractivity contribution in [1.82, 2.24) is 9.97 Å². The second-order valence-electron chi connectivity index (χ2n) is 3.80. The fourth-order valence-electron chi connectivity index (χ4n) is 1.56. The number of hydrazine groups is 1. The van der Waals surface area contributed by atoms with Crippen LogP contribution in [-0.4, -0.2) is 39.7 Å². The van der Waals surface area contributed by atoms with Crippen LogP contribution < -0.4 is 16.6 Å². The molecule has 0 saturated carbocycles. The zero-order valence-corrected chi connectivity index (χ0v) is 12.1. The molecule has 2 heterocycles. The Morgan fingerprint density at radius 2 is 2.26 bits per heavy atom. The normalized spacial score (nSPS) is 10.8. The minimum atomic E-state index is 0.257. The number of nitrogens with one attached hydrogen (secondary N) is 2. The number of aliphatic hydroxyl groups excluding tert-OH is 1. The molecule has 104 valence electrons. The van der Waals surface area contributed by atoms with E-state index in [4.69, 9.17) is 10.9 Å². The van der Waals surface area contributed by atoms with Crippen LogP contribution in [0.4, 0.5) is 11.8 Å². The van der Waals surface area contributed by atoms with Crippen molar-refractivity contribution < 1.29 is 5.11 Å². The number of nitrogens with zero attached hydrogens (tertiary/aromatic N) is 2. The SMILES string of the molecule is NNc1nc(NCCSCCCO)c2ccsc2n1. The maximum Gasteiger partial charge on any atom is 0.240 e. The van der Waals surface area contributed by atoms with Gasteiger partial charge in [0.2, 0.25) is 5.95 Å². The third-order valence-corrected chi connectivity index (χ3v) is 4.32. The Morgan fingerprint density at radius 3 is 3.05 bits per heavy atom. The molecule has 0 unspecified atom stereocenters. The standard InChI is InChI=1S/C11H17N5OS2/c12-16-11-14-9(8-2-6-19-10(8)15-11)13-3-7-18-5-1-4-17/h2,6,17H,1,3-5,7,12H2,(H2,13,14,15,16). The van der Waals surface area contributed by atoms with Crippen molar-refractivity contribution in [3.05, 3.63) is 11.4 Å². The monoisotopic (exact) mass is 299 g/mol. The molecule has 0 radical (unpaired) electrons. The van der Waals surface area contributed by atoms with Crippen LogP contribution in [0.1, 0.15) is 6.42 Å². The van der Waals surface area contributed by atoms with E-state index in [0.717, 1.165) is 40.5 Å². The number of fused-ring (bicyclic) bond motifs is 1. The third kappa shape index (κ3) is 3.93. The maximum absolute atomic E-state index is 8.69. The minimum absolute atomic E-state index is 0.257. The first-order valence-electron chi connectivity index (χ1n) is 5.99. The first-order valence-corrected chi connectivity index (χ1v) is 8.03. The summed E-state index contributed by atoms with van der Waals surface area (Å²) in [6, 6.07) is 2.00. The van der Waals surface area contributed by atoms with E-state index < -0.39 is 0 Å². The lowest BCUT2D eigenvalue weighted by molar-refractivity contribution is 0.296. The summed E-state index contributed by atoms with van der Waals surface area (Å²) in [7, 11) is 0. The van der Waals surface area contributed by atoms with Crippen molar-refractivity contribution >= 4 is 45.1 Å². The number of nitrogens with two attached hydrogens (primary N) is 1. The smallest absolute Gasteiger partial charge is 0.240 e. The van der Waals surface area contributed by atoms with Gasteiger partial charge in [0, 0.05) is 18.9 Å². The zero-order valence-electron chi connectivity index (χ0n) is 10.4. The molecule has 6 nitrogen and oxygen atoms in total. The average molecular weight is 299 g/mol. The Bertz CT molecular complexity index is 519. The summed E-state index contributed by atoms with van der Waals surface area (Å²) in [5.74, 6) is 8.54. The van der Waals surface area contributed by atoms with Crippen LogP contribution in [0.25, 0.3) is 10.2 Å². The molecule has 0 saturated heterocycles. The van der Waals surface area contributed by atoms with E-state index in [1.807, 2.05) is 23.2 Å². The van der Waals surface area contributed by atoms with E-state index in [1.54, 1.807) is 11.3 Å². The number of aliphatic hydroxyl groups is 1. The van der Waals surface area contributed by atoms with Gasteiger partial charge in [0.1, 0.15) is 10.6 Å². The molecule has 0 aliphatic heterocycles. The lowest BCUT2D eigenvalue weighted by Crippen LogP contribution is -2.13. The molecule has 19 heavy (non-hydrogen) atoms. The summed E-state index contributed by atoms with van der Waals surface area (Å²) < 4.78 is 0. The lowest BCUT2D eigenvalue weighted by Gasteiger charge is -2.08.